The predicted molar refractivity (Wildman–Crippen MR) is 68.0 cm³/mol. The van der Waals surface area contributed by atoms with Gasteiger partial charge in [-0.2, -0.15) is 15.3 Å². The van der Waals surface area contributed by atoms with Gasteiger partial charge in [-0.25, -0.2) is 4.79 Å². The zero-order valence-electron chi connectivity index (χ0n) is 11.7. The number of Topliss-reactive ketones (excluding diaryl/α,β-unsaturated/α-hetero) is 1. The van der Waals surface area contributed by atoms with Gasteiger partial charge in [0, 0.05) is 7.05 Å². The first-order valence-electron chi connectivity index (χ1n) is 5.82. The van der Waals surface area contributed by atoms with E-state index in [1.807, 2.05) is 0 Å². The maximum Gasteiger partial charge on any atom is 0.341 e. The van der Waals surface area contributed by atoms with Gasteiger partial charge in [0.2, 0.25) is 6.04 Å². The van der Waals surface area contributed by atoms with Crippen molar-refractivity contribution >= 4 is 17.4 Å². The molecular weight excluding hydrogens is 248 g/mol. The third kappa shape index (κ3) is 4.99. The highest BCUT2D eigenvalue weighted by Crippen LogP contribution is 2.14. The molecule has 7 heteroatoms. The van der Waals surface area contributed by atoms with Crippen LogP contribution in [0.4, 0.5) is 5.69 Å². The van der Waals surface area contributed by atoms with Crippen LogP contribution in [0.25, 0.3) is 0 Å². The van der Waals surface area contributed by atoms with Crippen molar-refractivity contribution in [3.63, 3.8) is 0 Å². The van der Waals surface area contributed by atoms with Gasteiger partial charge >= 0.3 is 5.97 Å². The van der Waals surface area contributed by atoms with Crippen molar-refractivity contribution in [2.24, 2.45) is 17.3 Å². The average molecular weight is 266 g/mol. The Hall–Kier alpha value is -2.05. The fourth-order valence-corrected chi connectivity index (χ4v) is 1.24. The number of hydrogen-bond acceptors (Lipinski definition) is 6. The largest absolute Gasteiger partial charge is 0.458 e. The number of ketones is 1. The van der Waals surface area contributed by atoms with E-state index in [-0.39, 0.29) is 0 Å². The first-order chi connectivity index (χ1) is 8.69. The lowest BCUT2D eigenvalue weighted by molar-refractivity contribution is -0.157. The van der Waals surface area contributed by atoms with Crippen LogP contribution < -0.4 is 0 Å². The summed E-state index contributed by atoms with van der Waals surface area (Å²) < 4.78 is 6.67. The molecule has 0 saturated carbocycles. The molecule has 1 aromatic rings. The lowest BCUT2D eigenvalue weighted by atomic mass is 10.1. The molecule has 0 amide bonds. The van der Waals surface area contributed by atoms with E-state index in [2.05, 4.69) is 15.3 Å². The number of aromatic nitrogens is 2. The van der Waals surface area contributed by atoms with E-state index in [0.29, 0.717) is 5.69 Å². The summed E-state index contributed by atoms with van der Waals surface area (Å²) in [6, 6.07) is -1.24. The van der Waals surface area contributed by atoms with Gasteiger partial charge < -0.3 is 4.74 Å². The van der Waals surface area contributed by atoms with E-state index in [9.17, 15) is 9.59 Å². The Labute approximate surface area is 111 Å². The molecule has 0 saturated heterocycles. The Kier molecular flexibility index (Phi) is 4.52. The smallest absolute Gasteiger partial charge is 0.341 e. The van der Waals surface area contributed by atoms with E-state index >= 15 is 0 Å². The van der Waals surface area contributed by atoms with Crippen molar-refractivity contribution in [3.05, 3.63) is 12.4 Å². The molecule has 0 spiro atoms. The summed E-state index contributed by atoms with van der Waals surface area (Å²) in [4.78, 5) is 23.2. The minimum atomic E-state index is -1.24. The lowest BCUT2D eigenvalue weighted by Crippen LogP contribution is -2.34. The van der Waals surface area contributed by atoms with Gasteiger partial charge in [0.1, 0.15) is 11.3 Å². The highest BCUT2D eigenvalue weighted by Gasteiger charge is 2.28. The van der Waals surface area contributed by atoms with Crippen LogP contribution in [0, 0.1) is 0 Å². The van der Waals surface area contributed by atoms with Crippen molar-refractivity contribution < 1.29 is 14.3 Å². The molecule has 0 aliphatic rings. The molecular formula is C12H18N4O3. The molecule has 0 N–H and O–H groups in total. The molecule has 0 aromatic carbocycles. The Morgan fingerprint density at radius 2 is 2.05 bits per heavy atom. The number of rotatable bonds is 4. The van der Waals surface area contributed by atoms with Gasteiger partial charge in [0.05, 0.1) is 12.4 Å². The summed E-state index contributed by atoms with van der Waals surface area (Å²) in [7, 11) is 1.73. The minimum absolute atomic E-state index is 0.415. The molecule has 0 radical (unpaired) electrons. The number of nitrogens with zero attached hydrogens (tertiary/aromatic N) is 4. The SMILES string of the molecule is CC(=O)C(/N=N/c1cnn(C)c1)C(=O)OC(C)(C)C. The molecule has 0 aliphatic heterocycles. The fraction of sp³-hybridized carbons (Fsp3) is 0.583. The van der Waals surface area contributed by atoms with E-state index in [1.54, 1.807) is 38.7 Å². The monoisotopic (exact) mass is 266 g/mol. The topological polar surface area (TPSA) is 85.9 Å². The predicted octanol–water partition coefficient (Wildman–Crippen LogP) is 1.80. The summed E-state index contributed by atoms with van der Waals surface area (Å²) in [5.41, 5.74) is -0.202. The fourth-order valence-electron chi connectivity index (χ4n) is 1.24. The third-order valence-electron chi connectivity index (χ3n) is 2.00. The van der Waals surface area contributed by atoms with E-state index < -0.39 is 23.4 Å². The third-order valence-corrected chi connectivity index (χ3v) is 2.00. The van der Waals surface area contributed by atoms with Crippen molar-refractivity contribution in [1.82, 2.24) is 9.78 Å². The molecule has 0 fully saturated rings. The normalized spacial score (nSPS) is 13.5. The zero-order chi connectivity index (χ0) is 14.6. The van der Waals surface area contributed by atoms with Crippen molar-refractivity contribution in [1.29, 1.82) is 0 Å². The van der Waals surface area contributed by atoms with Gasteiger partial charge in [0.15, 0.2) is 5.78 Å². The van der Waals surface area contributed by atoms with Gasteiger partial charge in [-0.1, -0.05) is 0 Å². The van der Waals surface area contributed by atoms with Crippen LogP contribution in [0.3, 0.4) is 0 Å². The standard InChI is InChI=1S/C12H18N4O3/c1-8(17)10(11(18)19-12(2,3)4)15-14-9-6-13-16(5)7-9/h6-7,10H,1-5H3/b15-14+. The van der Waals surface area contributed by atoms with Crippen LogP contribution in [0.5, 0.6) is 0 Å². The van der Waals surface area contributed by atoms with Crippen LogP contribution in [0.1, 0.15) is 27.7 Å². The van der Waals surface area contributed by atoms with Crippen LogP contribution in [-0.2, 0) is 21.4 Å². The van der Waals surface area contributed by atoms with Crippen molar-refractivity contribution in [3.8, 4) is 0 Å². The second-order valence-corrected chi connectivity index (χ2v) is 5.13. The quantitative estimate of drug-likeness (QED) is 0.472. The molecule has 1 aromatic heterocycles. The Morgan fingerprint density at radius 3 is 2.47 bits per heavy atom. The van der Waals surface area contributed by atoms with Crippen LogP contribution in [0.2, 0.25) is 0 Å². The molecule has 7 nitrogen and oxygen atoms in total. The zero-order valence-corrected chi connectivity index (χ0v) is 11.7. The number of esters is 1. The maximum atomic E-state index is 11.8. The summed E-state index contributed by atoms with van der Waals surface area (Å²) in [5.74, 6) is -1.12. The van der Waals surface area contributed by atoms with E-state index in [0.717, 1.165) is 0 Å². The molecule has 19 heavy (non-hydrogen) atoms. The van der Waals surface area contributed by atoms with Crippen LogP contribution in [0.15, 0.2) is 22.6 Å². The average Bonchev–Trinajstić information content (AvgIpc) is 2.61. The summed E-state index contributed by atoms with van der Waals surface area (Å²) >= 11 is 0. The molecule has 1 unspecified atom stereocenters. The van der Waals surface area contributed by atoms with E-state index in [4.69, 9.17) is 4.74 Å². The Balaban J connectivity index is 2.81. The number of carbonyl (C=O) groups excluding carboxylic acids is 2. The second kappa shape index (κ2) is 5.73. The van der Waals surface area contributed by atoms with E-state index in [1.165, 1.54) is 13.1 Å². The summed E-state index contributed by atoms with van der Waals surface area (Å²) in [6.07, 6.45) is 3.10. The second-order valence-electron chi connectivity index (χ2n) is 5.13. The van der Waals surface area contributed by atoms with Gasteiger partial charge in [0.25, 0.3) is 0 Å². The number of ether oxygens (including phenoxy) is 1. The van der Waals surface area contributed by atoms with Gasteiger partial charge in [-0.15, -0.1) is 0 Å². The van der Waals surface area contributed by atoms with Gasteiger partial charge in [-0.05, 0) is 27.7 Å². The molecule has 1 heterocycles. The Morgan fingerprint density at radius 1 is 1.42 bits per heavy atom. The lowest BCUT2D eigenvalue weighted by Gasteiger charge is -2.20. The minimum Gasteiger partial charge on any atom is -0.458 e. The number of aryl methyl sites for hydroxylation is 1. The molecule has 1 atom stereocenters. The maximum absolute atomic E-state index is 11.8. The Bertz CT molecular complexity index is 499. The summed E-state index contributed by atoms with van der Waals surface area (Å²) in [5, 5.41) is 11.5. The first kappa shape index (κ1) is 15.0. The molecule has 0 bridgehead atoms. The van der Waals surface area contributed by atoms with Crippen molar-refractivity contribution in [2.75, 3.05) is 0 Å². The van der Waals surface area contributed by atoms with Crippen LogP contribution >= 0.6 is 0 Å². The molecule has 0 aliphatic carbocycles. The number of hydrogen-bond donors (Lipinski definition) is 0. The van der Waals surface area contributed by atoms with Gasteiger partial charge in [-0.3, -0.25) is 9.48 Å². The number of carbonyl (C=O) groups is 2. The molecule has 104 valence electrons. The summed E-state index contributed by atoms with van der Waals surface area (Å²) in [6.45, 7) is 6.44. The highest BCUT2D eigenvalue weighted by molar-refractivity contribution is 6.02. The molecule has 1 rings (SSSR count). The highest BCUT2D eigenvalue weighted by atomic mass is 16.6. The van der Waals surface area contributed by atoms with Crippen molar-refractivity contribution in [2.45, 2.75) is 39.3 Å². The number of azo groups is 1. The first-order valence-corrected chi connectivity index (χ1v) is 5.82. The van der Waals surface area contributed by atoms with Crippen LogP contribution in [-0.4, -0.2) is 33.2 Å².